The molecule has 3 rings (SSSR count). The van der Waals surface area contributed by atoms with Crippen molar-refractivity contribution in [3.05, 3.63) is 47.0 Å². The van der Waals surface area contributed by atoms with E-state index in [9.17, 15) is 9.18 Å². The fraction of sp³-hybridized carbons (Fsp3) is 0.333. The summed E-state index contributed by atoms with van der Waals surface area (Å²) in [7, 11) is 1.85. The molecule has 148 valence electrons. The molecule has 0 saturated heterocycles. The minimum Gasteiger partial charge on any atom is -0.356 e. The number of rotatable bonds is 7. The van der Waals surface area contributed by atoms with Gasteiger partial charge in [0, 0.05) is 13.6 Å². The monoisotopic (exact) mass is 420 g/mol. The highest BCUT2D eigenvalue weighted by atomic mass is 32.2. The molecule has 2 aromatic heterocycles. The molecule has 2 heterocycles. The first kappa shape index (κ1) is 20.3. The number of hydrogen-bond acceptors (Lipinski definition) is 7. The third-order valence-corrected chi connectivity index (χ3v) is 6.23. The Morgan fingerprint density at radius 2 is 2.00 bits per heavy atom. The van der Waals surface area contributed by atoms with Gasteiger partial charge in [-0.25, -0.2) is 4.39 Å². The summed E-state index contributed by atoms with van der Waals surface area (Å²) in [6.45, 7) is 6.13. The molecule has 0 radical (unpaired) electrons. The molecule has 0 saturated carbocycles. The summed E-state index contributed by atoms with van der Waals surface area (Å²) in [4.78, 5) is 12.5. The first-order valence-electron chi connectivity index (χ1n) is 8.63. The van der Waals surface area contributed by atoms with Gasteiger partial charge in [-0.1, -0.05) is 35.2 Å². The number of anilines is 2. The number of thioether (sulfide) groups is 1. The SMILES string of the molecule is Cc1nn(C)c(C)c1NC(=O)C(C)Sc1nnc(NCc2ccc(F)cc2)s1. The number of carbonyl (C=O) groups is 1. The summed E-state index contributed by atoms with van der Waals surface area (Å²) in [5.74, 6) is -0.373. The highest BCUT2D eigenvalue weighted by molar-refractivity contribution is 8.02. The Morgan fingerprint density at radius 1 is 1.29 bits per heavy atom. The number of amides is 1. The minimum atomic E-state index is -0.336. The van der Waals surface area contributed by atoms with Gasteiger partial charge in [0.15, 0.2) is 4.34 Å². The van der Waals surface area contributed by atoms with E-state index in [4.69, 9.17) is 0 Å². The summed E-state index contributed by atoms with van der Waals surface area (Å²) in [6, 6.07) is 6.27. The van der Waals surface area contributed by atoms with Gasteiger partial charge in [-0.15, -0.1) is 10.2 Å². The van der Waals surface area contributed by atoms with Crippen molar-refractivity contribution >= 4 is 39.8 Å². The molecule has 0 aliphatic heterocycles. The van der Waals surface area contributed by atoms with Crippen LogP contribution < -0.4 is 10.6 Å². The smallest absolute Gasteiger partial charge is 0.237 e. The number of nitrogens with one attached hydrogen (secondary N) is 2. The van der Waals surface area contributed by atoms with Crippen molar-refractivity contribution in [2.45, 2.75) is 36.9 Å². The number of nitrogens with zero attached hydrogens (tertiary/aromatic N) is 4. The van der Waals surface area contributed by atoms with E-state index in [1.54, 1.807) is 16.8 Å². The van der Waals surface area contributed by atoms with E-state index in [0.29, 0.717) is 16.0 Å². The minimum absolute atomic E-state index is 0.111. The maximum Gasteiger partial charge on any atom is 0.237 e. The molecule has 1 atom stereocenters. The van der Waals surface area contributed by atoms with E-state index in [1.807, 2.05) is 27.8 Å². The van der Waals surface area contributed by atoms with Crippen molar-refractivity contribution in [3.8, 4) is 0 Å². The molecule has 28 heavy (non-hydrogen) atoms. The van der Waals surface area contributed by atoms with Crippen molar-refractivity contribution in [2.75, 3.05) is 10.6 Å². The number of hydrogen-bond donors (Lipinski definition) is 2. The number of benzene rings is 1. The molecule has 7 nitrogen and oxygen atoms in total. The average molecular weight is 421 g/mol. The predicted octanol–water partition coefficient (Wildman–Crippen LogP) is 3.76. The zero-order valence-corrected chi connectivity index (χ0v) is 17.6. The molecule has 1 aromatic carbocycles. The molecule has 0 fully saturated rings. The van der Waals surface area contributed by atoms with Crippen LogP contribution in [0.3, 0.4) is 0 Å². The van der Waals surface area contributed by atoms with Crippen LogP contribution in [0.15, 0.2) is 28.6 Å². The first-order chi connectivity index (χ1) is 13.3. The summed E-state index contributed by atoms with van der Waals surface area (Å²) >= 11 is 2.73. The van der Waals surface area contributed by atoms with E-state index in [-0.39, 0.29) is 17.0 Å². The van der Waals surface area contributed by atoms with Gasteiger partial charge in [0.2, 0.25) is 11.0 Å². The first-order valence-corrected chi connectivity index (χ1v) is 10.3. The number of halogens is 1. The van der Waals surface area contributed by atoms with E-state index in [0.717, 1.165) is 22.6 Å². The zero-order valence-electron chi connectivity index (χ0n) is 16.0. The van der Waals surface area contributed by atoms with Gasteiger partial charge in [0.25, 0.3) is 0 Å². The summed E-state index contributed by atoms with van der Waals surface area (Å²) in [5.41, 5.74) is 3.39. The molecule has 0 aliphatic carbocycles. The Bertz CT molecular complexity index is 969. The Morgan fingerprint density at radius 3 is 2.64 bits per heavy atom. The predicted molar refractivity (Wildman–Crippen MR) is 110 cm³/mol. The van der Waals surface area contributed by atoms with Gasteiger partial charge in [0.1, 0.15) is 5.82 Å². The lowest BCUT2D eigenvalue weighted by atomic mass is 10.2. The highest BCUT2D eigenvalue weighted by Gasteiger charge is 2.20. The lowest BCUT2D eigenvalue weighted by Crippen LogP contribution is -2.23. The maximum absolute atomic E-state index is 12.9. The third-order valence-electron chi connectivity index (χ3n) is 4.17. The second-order valence-electron chi connectivity index (χ2n) is 6.27. The molecule has 3 aromatic rings. The van der Waals surface area contributed by atoms with Crippen LogP contribution >= 0.6 is 23.1 Å². The Balaban J connectivity index is 1.55. The van der Waals surface area contributed by atoms with Crippen LogP contribution in [0.25, 0.3) is 0 Å². The molecule has 0 spiro atoms. The lowest BCUT2D eigenvalue weighted by Gasteiger charge is -2.10. The van der Waals surface area contributed by atoms with Crippen molar-refractivity contribution in [1.82, 2.24) is 20.0 Å². The number of aromatic nitrogens is 4. The molecule has 0 bridgehead atoms. The van der Waals surface area contributed by atoms with E-state index in [1.165, 1.54) is 35.2 Å². The molecule has 0 aliphatic rings. The fourth-order valence-corrected chi connectivity index (χ4v) is 4.38. The topological polar surface area (TPSA) is 84.7 Å². The lowest BCUT2D eigenvalue weighted by molar-refractivity contribution is -0.115. The van der Waals surface area contributed by atoms with Crippen LogP contribution in [0.5, 0.6) is 0 Å². The summed E-state index contributed by atoms with van der Waals surface area (Å²) in [5, 5.41) is 18.9. The second-order valence-corrected chi connectivity index (χ2v) is 8.84. The van der Waals surface area contributed by atoms with E-state index >= 15 is 0 Å². The summed E-state index contributed by atoms with van der Waals surface area (Å²) in [6.07, 6.45) is 0. The van der Waals surface area contributed by atoms with Gasteiger partial charge in [0.05, 0.1) is 22.3 Å². The van der Waals surface area contributed by atoms with Gasteiger partial charge >= 0.3 is 0 Å². The van der Waals surface area contributed by atoms with Crippen LogP contribution in [0.2, 0.25) is 0 Å². The fourth-order valence-electron chi connectivity index (χ4n) is 2.49. The van der Waals surface area contributed by atoms with Gasteiger partial charge in [-0.05, 0) is 38.5 Å². The number of aryl methyl sites for hydroxylation is 2. The molecule has 2 N–H and O–H groups in total. The largest absolute Gasteiger partial charge is 0.356 e. The summed E-state index contributed by atoms with van der Waals surface area (Å²) < 4.78 is 15.4. The van der Waals surface area contributed by atoms with Crippen molar-refractivity contribution < 1.29 is 9.18 Å². The zero-order chi connectivity index (χ0) is 20.3. The van der Waals surface area contributed by atoms with Crippen LogP contribution in [0.4, 0.5) is 15.2 Å². The van der Waals surface area contributed by atoms with Crippen LogP contribution in [-0.2, 0) is 18.4 Å². The van der Waals surface area contributed by atoms with Gasteiger partial charge < -0.3 is 10.6 Å². The van der Waals surface area contributed by atoms with Crippen molar-refractivity contribution in [1.29, 1.82) is 0 Å². The standard InChI is InChI=1S/C18H21FN6OS2/c1-10-15(11(2)25(4)24-10)21-16(26)12(3)27-18-23-22-17(28-18)20-9-13-5-7-14(19)8-6-13/h5-8,12H,9H2,1-4H3,(H,20,22)(H,21,26). The molecule has 1 unspecified atom stereocenters. The van der Waals surface area contributed by atoms with Gasteiger partial charge in [-0.2, -0.15) is 5.10 Å². The molecular weight excluding hydrogens is 399 g/mol. The Hall–Kier alpha value is -2.46. The molecule has 1 amide bonds. The average Bonchev–Trinajstić information content (AvgIpc) is 3.20. The number of carbonyl (C=O) groups excluding carboxylic acids is 1. The van der Waals surface area contributed by atoms with E-state index in [2.05, 4.69) is 25.9 Å². The molecule has 10 heteroatoms. The van der Waals surface area contributed by atoms with Crippen LogP contribution in [-0.4, -0.2) is 31.1 Å². The maximum atomic E-state index is 12.9. The third kappa shape index (κ3) is 4.87. The van der Waals surface area contributed by atoms with Crippen molar-refractivity contribution in [2.24, 2.45) is 7.05 Å². The Kier molecular flexibility index (Phi) is 6.30. The van der Waals surface area contributed by atoms with E-state index < -0.39 is 0 Å². The van der Waals surface area contributed by atoms with Crippen LogP contribution in [0, 0.1) is 19.7 Å². The molecular formula is C18H21FN6OS2. The van der Waals surface area contributed by atoms with Gasteiger partial charge in [-0.3, -0.25) is 9.48 Å². The normalized spacial score (nSPS) is 12.0. The highest BCUT2D eigenvalue weighted by Crippen LogP contribution is 2.30. The van der Waals surface area contributed by atoms with Crippen molar-refractivity contribution in [3.63, 3.8) is 0 Å². The Labute approximate surface area is 170 Å². The second kappa shape index (κ2) is 8.70. The van der Waals surface area contributed by atoms with Crippen LogP contribution in [0.1, 0.15) is 23.9 Å². The quantitative estimate of drug-likeness (QED) is 0.566.